The van der Waals surface area contributed by atoms with Crippen LogP contribution in [0.4, 0.5) is 5.69 Å². The highest BCUT2D eigenvalue weighted by Crippen LogP contribution is 2.27. The fourth-order valence-electron chi connectivity index (χ4n) is 1.44. The largest absolute Gasteiger partial charge is 0.475 e. The smallest absolute Gasteiger partial charge is 0.344 e. The summed E-state index contributed by atoms with van der Waals surface area (Å²) in [7, 11) is 0. The summed E-state index contributed by atoms with van der Waals surface area (Å²) in [6.45, 7) is 1.79. The lowest BCUT2D eigenvalue weighted by atomic mass is 10.2. The van der Waals surface area contributed by atoms with E-state index in [0.29, 0.717) is 0 Å². The van der Waals surface area contributed by atoms with Gasteiger partial charge in [0.15, 0.2) is 12.4 Å². The maximum atomic E-state index is 11.4. The molecule has 1 aromatic rings. The van der Waals surface area contributed by atoms with Gasteiger partial charge in [-0.3, -0.25) is 14.9 Å². The molecule has 0 aromatic heterocycles. The van der Waals surface area contributed by atoms with E-state index < -0.39 is 29.1 Å². The molecule has 0 saturated carbocycles. The summed E-state index contributed by atoms with van der Waals surface area (Å²) in [6, 6.07) is 3.50. The molecule has 0 fully saturated rings. The van der Waals surface area contributed by atoms with Gasteiger partial charge in [-0.05, 0) is 18.6 Å². The van der Waals surface area contributed by atoms with Gasteiger partial charge in [-0.25, -0.2) is 4.79 Å². The van der Waals surface area contributed by atoms with E-state index in [-0.39, 0.29) is 17.9 Å². The number of nitro benzene ring substituents is 1. The molecular formula is C13H16N2O6. The molecule has 0 heterocycles. The van der Waals surface area contributed by atoms with E-state index in [1.54, 1.807) is 0 Å². The molecular weight excluding hydrogens is 280 g/mol. The van der Waals surface area contributed by atoms with Gasteiger partial charge < -0.3 is 15.2 Å². The quantitative estimate of drug-likeness (QED) is 0.335. The Morgan fingerprint density at radius 3 is 2.67 bits per heavy atom. The number of rotatable bonds is 8. The van der Waals surface area contributed by atoms with Crippen molar-refractivity contribution in [3.8, 4) is 5.75 Å². The summed E-state index contributed by atoms with van der Waals surface area (Å²) in [6.07, 6.45) is 1.62. The van der Waals surface area contributed by atoms with Gasteiger partial charge in [0, 0.05) is 11.6 Å². The first-order chi connectivity index (χ1) is 9.95. The number of unbranched alkanes of at least 4 members (excludes halogenated alkanes) is 1. The highest BCUT2D eigenvalue weighted by molar-refractivity contribution is 5.93. The van der Waals surface area contributed by atoms with Crippen molar-refractivity contribution in [3.05, 3.63) is 33.9 Å². The standard InChI is InChI=1S/C13H16N2O6/c1-2-3-6-20-12(16)8-21-11-5-4-9(13(14)17)7-10(11)15(18)19/h4-5,7H,2-3,6,8H2,1H3,(H2,14,17). The summed E-state index contributed by atoms with van der Waals surface area (Å²) in [5, 5.41) is 10.9. The van der Waals surface area contributed by atoms with Gasteiger partial charge >= 0.3 is 11.7 Å². The van der Waals surface area contributed by atoms with Crippen molar-refractivity contribution in [1.29, 1.82) is 0 Å². The number of primary amides is 1. The molecule has 1 amide bonds. The lowest BCUT2D eigenvalue weighted by molar-refractivity contribution is -0.385. The molecule has 1 aromatic carbocycles. The van der Waals surface area contributed by atoms with Crippen LogP contribution in [0.3, 0.4) is 0 Å². The van der Waals surface area contributed by atoms with E-state index in [0.717, 1.165) is 18.9 Å². The average molecular weight is 296 g/mol. The zero-order chi connectivity index (χ0) is 15.8. The van der Waals surface area contributed by atoms with E-state index in [1.807, 2.05) is 6.92 Å². The topological polar surface area (TPSA) is 122 Å². The number of hydrogen-bond acceptors (Lipinski definition) is 6. The van der Waals surface area contributed by atoms with Gasteiger partial charge in [0.05, 0.1) is 11.5 Å². The van der Waals surface area contributed by atoms with E-state index in [1.165, 1.54) is 12.1 Å². The van der Waals surface area contributed by atoms with Crippen LogP contribution >= 0.6 is 0 Å². The number of nitro groups is 1. The first-order valence-corrected chi connectivity index (χ1v) is 6.32. The monoisotopic (exact) mass is 296 g/mol. The van der Waals surface area contributed by atoms with Crippen molar-refractivity contribution in [2.24, 2.45) is 5.73 Å². The summed E-state index contributed by atoms with van der Waals surface area (Å²) in [4.78, 5) is 32.5. The van der Waals surface area contributed by atoms with Crippen molar-refractivity contribution in [2.75, 3.05) is 13.2 Å². The minimum absolute atomic E-state index is 0.0143. The maximum absolute atomic E-state index is 11.4. The molecule has 2 N–H and O–H groups in total. The van der Waals surface area contributed by atoms with Gasteiger partial charge in [-0.1, -0.05) is 13.3 Å². The average Bonchev–Trinajstić information content (AvgIpc) is 2.45. The molecule has 0 radical (unpaired) electrons. The van der Waals surface area contributed by atoms with E-state index in [4.69, 9.17) is 15.2 Å². The molecule has 0 atom stereocenters. The maximum Gasteiger partial charge on any atom is 0.344 e. The first-order valence-electron chi connectivity index (χ1n) is 6.32. The summed E-state index contributed by atoms with van der Waals surface area (Å²) >= 11 is 0. The van der Waals surface area contributed by atoms with E-state index in [9.17, 15) is 19.7 Å². The molecule has 0 saturated heterocycles. The summed E-state index contributed by atoms with van der Waals surface area (Å²) < 4.78 is 9.92. The zero-order valence-corrected chi connectivity index (χ0v) is 11.5. The molecule has 1 rings (SSSR count). The fraction of sp³-hybridized carbons (Fsp3) is 0.385. The van der Waals surface area contributed by atoms with Crippen LogP contribution in [-0.4, -0.2) is 30.0 Å². The fourth-order valence-corrected chi connectivity index (χ4v) is 1.44. The molecule has 114 valence electrons. The van der Waals surface area contributed by atoms with Gasteiger partial charge in [0.25, 0.3) is 0 Å². The van der Waals surface area contributed by atoms with Gasteiger partial charge in [0.2, 0.25) is 5.91 Å². The van der Waals surface area contributed by atoms with Crippen LogP contribution in [-0.2, 0) is 9.53 Å². The molecule has 0 aliphatic carbocycles. The van der Waals surface area contributed by atoms with Gasteiger partial charge in [-0.15, -0.1) is 0 Å². The van der Waals surface area contributed by atoms with Crippen molar-refractivity contribution in [3.63, 3.8) is 0 Å². The van der Waals surface area contributed by atoms with Crippen molar-refractivity contribution in [1.82, 2.24) is 0 Å². The second-order valence-electron chi connectivity index (χ2n) is 4.17. The number of hydrogen-bond donors (Lipinski definition) is 1. The highest BCUT2D eigenvalue weighted by Gasteiger charge is 2.19. The molecule has 8 heteroatoms. The Morgan fingerprint density at radius 2 is 2.10 bits per heavy atom. The second kappa shape index (κ2) is 7.83. The SMILES string of the molecule is CCCCOC(=O)COc1ccc(C(N)=O)cc1[N+](=O)[O-]. The molecule has 8 nitrogen and oxygen atoms in total. The third-order valence-electron chi connectivity index (χ3n) is 2.55. The molecule has 0 aliphatic heterocycles. The van der Waals surface area contributed by atoms with Crippen LogP contribution in [0, 0.1) is 10.1 Å². The molecule has 0 spiro atoms. The number of carbonyl (C=O) groups is 2. The van der Waals surface area contributed by atoms with Crippen molar-refractivity contribution < 1.29 is 24.0 Å². The van der Waals surface area contributed by atoms with E-state index >= 15 is 0 Å². The number of nitrogens with two attached hydrogens (primary N) is 1. The number of carbonyl (C=O) groups excluding carboxylic acids is 2. The first kappa shape index (κ1) is 16.4. The Labute approximate surface area is 121 Å². The minimum atomic E-state index is -0.788. The van der Waals surface area contributed by atoms with Gasteiger partial charge in [-0.2, -0.15) is 0 Å². The van der Waals surface area contributed by atoms with Crippen LogP contribution in [0.25, 0.3) is 0 Å². The Balaban J connectivity index is 2.72. The van der Waals surface area contributed by atoms with Crippen LogP contribution in [0.1, 0.15) is 30.1 Å². The van der Waals surface area contributed by atoms with Crippen molar-refractivity contribution >= 4 is 17.6 Å². The predicted molar refractivity (Wildman–Crippen MR) is 73.0 cm³/mol. The highest BCUT2D eigenvalue weighted by atomic mass is 16.6. The third-order valence-corrected chi connectivity index (χ3v) is 2.55. The summed E-state index contributed by atoms with van der Waals surface area (Å²) in [5.41, 5.74) is 4.59. The van der Waals surface area contributed by atoms with E-state index in [2.05, 4.69) is 0 Å². The van der Waals surface area contributed by atoms with Crippen molar-refractivity contribution in [2.45, 2.75) is 19.8 Å². The Morgan fingerprint density at radius 1 is 1.38 bits per heavy atom. The zero-order valence-electron chi connectivity index (χ0n) is 11.5. The number of ether oxygens (including phenoxy) is 2. The Bertz CT molecular complexity index is 543. The molecule has 21 heavy (non-hydrogen) atoms. The number of benzene rings is 1. The molecule has 0 unspecified atom stereocenters. The van der Waals surface area contributed by atoms with Crippen LogP contribution in [0.2, 0.25) is 0 Å². The van der Waals surface area contributed by atoms with Crippen LogP contribution in [0.5, 0.6) is 5.75 Å². The lowest BCUT2D eigenvalue weighted by Crippen LogP contribution is -2.16. The number of esters is 1. The van der Waals surface area contributed by atoms with Crippen LogP contribution < -0.4 is 10.5 Å². The number of nitrogens with zero attached hydrogens (tertiary/aromatic N) is 1. The number of amides is 1. The predicted octanol–water partition coefficient (Wildman–Crippen LogP) is 1.42. The molecule has 0 aliphatic rings. The van der Waals surface area contributed by atoms with Crippen LogP contribution in [0.15, 0.2) is 18.2 Å². The normalized spacial score (nSPS) is 9.95. The minimum Gasteiger partial charge on any atom is -0.475 e. The Hall–Kier alpha value is -2.64. The Kier molecular flexibility index (Phi) is 6.12. The second-order valence-corrected chi connectivity index (χ2v) is 4.17. The third kappa shape index (κ3) is 5.09. The molecule has 0 bridgehead atoms. The summed E-state index contributed by atoms with van der Waals surface area (Å²) in [5.74, 6) is -1.53. The lowest BCUT2D eigenvalue weighted by Gasteiger charge is -2.07. The van der Waals surface area contributed by atoms with Gasteiger partial charge in [0.1, 0.15) is 0 Å².